The van der Waals surface area contributed by atoms with Gasteiger partial charge in [0.15, 0.2) is 0 Å². The van der Waals surface area contributed by atoms with Gasteiger partial charge in [0.25, 0.3) is 0 Å². The molecule has 0 radical (unpaired) electrons. The Morgan fingerprint density at radius 1 is 1.00 bits per heavy atom. The molecule has 3 heteroatoms. The summed E-state index contributed by atoms with van der Waals surface area (Å²) >= 11 is 0. The number of ketones is 1. The van der Waals surface area contributed by atoms with E-state index >= 15 is 0 Å². The van der Waals surface area contributed by atoms with Crippen LogP contribution >= 0.6 is 0 Å². The van der Waals surface area contributed by atoms with Gasteiger partial charge in [0.2, 0.25) is 0 Å². The molecule has 1 saturated carbocycles. The summed E-state index contributed by atoms with van der Waals surface area (Å²) in [7, 11) is 0. The topological polar surface area (TPSA) is 23.6 Å². The number of carbonyl (C=O) groups excluding carboxylic acids is 1. The molecule has 0 unspecified atom stereocenters. The van der Waals surface area contributed by atoms with Crippen molar-refractivity contribution < 1.29 is 4.79 Å². The van der Waals surface area contributed by atoms with Gasteiger partial charge in [-0.15, -0.1) is 0 Å². The summed E-state index contributed by atoms with van der Waals surface area (Å²) in [5.74, 6) is 0.760. The van der Waals surface area contributed by atoms with Crippen LogP contribution in [0.5, 0.6) is 0 Å². The molecule has 2 fully saturated rings. The molecule has 0 aromatic heterocycles. The molecule has 0 spiro atoms. The average molecular weight is 252 g/mol. The summed E-state index contributed by atoms with van der Waals surface area (Å²) in [5.41, 5.74) is 0. The Kier molecular flexibility index (Phi) is 4.79. The number of hydrogen-bond acceptors (Lipinski definition) is 3. The Balaban J connectivity index is 1.76. The second kappa shape index (κ2) is 6.16. The summed E-state index contributed by atoms with van der Waals surface area (Å²) in [5, 5.41) is 0. The van der Waals surface area contributed by atoms with Gasteiger partial charge >= 0.3 is 0 Å². The lowest BCUT2D eigenvalue weighted by molar-refractivity contribution is -0.122. The Morgan fingerprint density at radius 3 is 2.00 bits per heavy atom. The number of piperazine rings is 1. The van der Waals surface area contributed by atoms with Gasteiger partial charge in [-0.2, -0.15) is 0 Å². The molecular weight excluding hydrogens is 224 g/mol. The lowest BCUT2D eigenvalue weighted by Crippen LogP contribution is -2.52. The fourth-order valence-corrected chi connectivity index (χ4v) is 3.47. The van der Waals surface area contributed by atoms with Gasteiger partial charge in [-0.1, -0.05) is 0 Å². The fraction of sp³-hybridized carbons (Fsp3) is 0.933. The monoisotopic (exact) mass is 252 g/mol. The van der Waals surface area contributed by atoms with Crippen molar-refractivity contribution in [2.24, 2.45) is 5.92 Å². The molecule has 3 nitrogen and oxygen atoms in total. The standard InChI is InChI=1S/C15H28N2O/c1-12(2)16-8-10-17(11-9-16)15-6-4-14(5-7-15)13(3)18/h12,14-15H,4-11H2,1-3H3. The van der Waals surface area contributed by atoms with Gasteiger partial charge in [-0.3, -0.25) is 14.6 Å². The number of hydrogen-bond donors (Lipinski definition) is 0. The largest absolute Gasteiger partial charge is 0.300 e. The van der Waals surface area contributed by atoms with Crippen LogP contribution in [0.4, 0.5) is 0 Å². The van der Waals surface area contributed by atoms with E-state index in [0.717, 1.165) is 18.9 Å². The van der Waals surface area contributed by atoms with Crippen molar-refractivity contribution in [2.75, 3.05) is 26.2 Å². The molecule has 18 heavy (non-hydrogen) atoms. The van der Waals surface area contributed by atoms with E-state index in [2.05, 4.69) is 23.6 Å². The third-order valence-corrected chi connectivity index (χ3v) is 4.87. The minimum Gasteiger partial charge on any atom is -0.300 e. The maximum absolute atomic E-state index is 11.4. The normalized spacial score (nSPS) is 31.8. The highest BCUT2D eigenvalue weighted by Crippen LogP contribution is 2.28. The Hall–Kier alpha value is -0.410. The molecule has 1 aliphatic carbocycles. The third kappa shape index (κ3) is 3.33. The second-order valence-corrected chi connectivity index (χ2v) is 6.28. The minimum atomic E-state index is 0.359. The van der Waals surface area contributed by atoms with Crippen molar-refractivity contribution in [1.82, 2.24) is 9.80 Å². The van der Waals surface area contributed by atoms with Crippen LogP contribution in [0.25, 0.3) is 0 Å². The highest BCUT2D eigenvalue weighted by molar-refractivity contribution is 5.78. The predicted octanol–water partition coefficient (Wildman–Crippen LogP) is 2.16. The van der Waals surface area contributed by atoms with Crippen molar-refractivity contribution in [3.05, 3.63) is 0 Å². The smallest absolute Gasteiger partial charge is 0.132 e. The van der Waals surface area contributed by atoms with E-state index in [9.17, 15) is 4.79 Å². The van der Waals surface area contributed by atoms with E-state index in [1.54, 1.807) is 6.92 Å². The first-order chi connectivity index (χ1) is 8.58. The molecule has 0 atom stereocenters. The lowest BCUT2D eigenvalue weighted by atomic mass is 9.83. The highest BCUT2D eigenvalue weighted by atomic mass is 16.1. The van der Waals surface area contributed by atoms with Crippen molar-refractivity contribution in [3.63, 3.8) is 0 Å². The zero-order chi connectivity index (χ0) is 13.1. The van der Waals surface area contributed by atoms with E-state index in [1.165, 1.54) is 39.0 Å². The summed E-state index contributed by atoms with van der Waals surface area (Å²) in [6.45, 7) is 11.2. The van der Waals surface area contributed by atoms with Crippen LogP contribution in [-0.4, -0.2) is 53.8 Å². The maximum atomic E-state index is 11.4. The molecule has 104 valence electrons. The van der Waals surface area contributed by atoms with E-state index in [0.29, 0.717) is 17.7 Å². The zero-order valence-corrected chi connectivity index (χ0v) is 12.2. The van der Waals surface area contributed by atoms with E-state index in [-0.39, 0.29) is 0 Å². The van der Waals surface area contributed by atoms with Crippen molar-refractivity contribution in [1.29, 1.82) is 0 Å². The molecule has 0 N–H and O–H groups in total. The fourth-order valence-electron chi connectivity index (χ4n) is 3.47. The summed E-state index contributed by atoms with van der Waals surface area (Å²) in [6.07, 6.45) is 4.69. The van der Waals surface area contributed by atoms with Gasteiger partial charge in [-0.05, 0) is 46.5 Å². The van der Waals surface area contributed by atoms with Gasteiger partial charge in [0.05, 0.1) is 0 Å². The number of Topliss-reactive ketones (excluding diaryl/α,β-unsaturated/α-hetero) is 1. The molecule has 0 bridgehead atoms. The zero-order valence-electron chi connectivity index (χ0n) is 12.2. The molecule has 1 aliphatic heterocycles. The van der Waals surface area contributed by atoms with Crippen LogP contribution in [0.2, 0.25) is 0 Å². The number of rotatable bonds is 3. The van der Waals surface area contributed by atoms with Crippen molar-refractivity contribution >= 4 is 5.78 Å². The molecule has 0 aromatic rings. The van der Waals surface area contributed by atoms with E-state index in [4.69, 9.17) is 0 Å². The predicted molar refractivity (Wildman–Crippen MR) is 74.7 cm³/mol. The van der Waals surface area contributed by atoms with Gasteiger partial charge in [-0.25, -0.2) is 0 Å². The van der Waals surface area contributed by atoms with Gasteiger partial charge in [0.1, 0.15) is 5.78 Å². The average Bonchev–Trinajstić information content (AvgIpc) is 2.39. The Bertz CT molecular complexity index is 274. The van der Waals surface area contributed by atoms with Crippen LogP contribution in [0.15, 0.2) is 0 Å². The third-order valence-electron chi connectivity index (χ3n) is 4.87. The maximum Gasteiger partial charge on any atom is 0.132 e. The lowest BCUT2D eigenvalue weighted by Gasteiger charge is -2.42. The molecule has 1 saturated heterocycles. The summed E-state index contributed by atoms with van der Waals surface area (Å²) in [6, 6.07) is 1.43. The van der Waals surface area contributed by atoms with E-state index in [1.807, 2.05) is 0 Å². The van der Waals surface area contributed by atoms with Crippen LogP contribution in [0.3, 0.4) is 0 Å². The van der Waals surface area contributed by atoms with Crippen LogP contribution < -0.4 is 0 Å². The van der Waals surface area contributed by atoms with Gasteiger partial charge in [0, 0.05) is 44.2 Å². The molecule has 0 amide bonds. The first-order valence-corrected chi connectivity index (χ1v) is 7.56. The van der Waals surface area contributed by atoms with Crippen molar-refractivity contribution in [3.8, 4) is 0 Å². The summed E-state index contributed by atoms with van der Waals surface area (Å²) < 4.78 is 0. The first kappa shape index (κ1) is 14.0. The van der Waals surface area contributed by atoms with Gasteiger partial charge < -0.3 is 0 Å². The van der Waals surface area contributed by atoms with Crippen LogP contribution in [0.1, 0.15) is 46.5 Å². The minimum absolute atomic E-state index is 0.359. The highest BCUT2D eigenvalue weighted by Gasteiger charge is 2.29. The second-order valence-electron chi connectivity index (χ2n) is 6.28. The number of carbonyl (C=O) groups is 1. The Morgan fingerprint density at radius 2 is 1.56 bits per heavy atom. The Labute approximate surface area is 112 Å². The summed E-state index contributed by atoms with van der Waals surface area (Å²) in [4.78, 5) is 16.6. The number of nitrogens with zero attached hydrogens (tertiary/aromatic N) is 2. The quantitative estimate of drug-likeness (QED) is 0.769. The van der Waals surface area contributed by atoms with Crippen molar-refractivity contribution in [2.45, 2.75) is 58.5 Å². The molecule has 2 rings (SSSR count). The molecule has 2 aliphatic rings. The first-order valence-electron chi connectivity index (χ1n) is 7.56. The molecule has 1 heterocycles. The SMILES string of the molecule is CC(=O)C1CCC(N2CCN(C(C)C)CC2)CC1. The molecule has 0 aromatic carbocycles. The van der Waals surface area contributed by atoms with Crippen LogP contribution in [-0.2, 0) is 4.79 Å². The van der Waals surface area contributed by atoms with E-state index < -0.39 is 0 Å². The molecular formula is C15H28N2O. The van der Waals surface area contributed by atoms with Crippen LogP contribution in [0, 0.1) is 5.92 Å².